The standard InChI is InChI=1S/C27H26N2O2/c1-29(2)26-17-8-3-11-20(26)12-9-10-18-28-27(30)31-19-25-23-15-6-4-13-21(23)22-14-5-7-16-24(22)25/h3-8,11,13-17,25H,10,18-19H2,1-2H3,(H,28,30). The molecule has 1 N–H and O–H groups in total. The fourth-order valence-corrected chi connectivity index (χ4v) is 4.00. The summed E-state index contributed by atoms with van der Waals surface area (Å²) in [4.78, 5) is 14.3. The topological polar surface area (TPSA) is 41.6 Å². The molecular formula is C27H26N2O2. The van der Waals surface area contributed by atoms with Crippen LogP contribution < -0.4 is 10.2 Å². The summed E-state index contributed by atoms with van der Waals surface area (Å²) < 4.78 is 5.55. The molecule has 0 unspecified atom stereocenters. The van der Waals surface area contributed by atoms with Crippen molar-refractivity contribution in [1.29, 1.82) is 0 Å². The van der Waals surface area contributed by atoms with Crippen molar-refractivity contribution in [1.82, 2.24) is 5.32 Å². The first-order valence-electron chi connectivity index (χ1n) is 10.5. The normalized spacial score (nSPS) is 11.7. The first-order chi connectivity index (χ1) is 15.1. The van der Waals surface area contributed by atoms with Gasteiger partial charge in [0, 0.05) is 38.5 Å². The van der Waals surface area contributed by atoms with Crippen molar-refractivity contribution in [3.8, 4) is 23.0 Å². The van der Waals surface area contributed by atoms with Crippen molar-refractivity contribution >= 4 is 11.8 Å². The molecule has 1 aliphatic carbocycles. The van der Waals surface area contributed by atoms with E-state index < -0.39 is 6.09 Å². The molecule has 0 heterocycles. The fourth-order valence-electron chi connectivity index (χ4n) is 4.00. The number of rotatable bonds is 5. The van der Waals surface area contributed by atoms with Gasteiger partial charge in [0.25, 0.3) is 0 Å². The van der Waals surface area contributed by atoms with Gasteiger partial charge >= 0.3 is 6.09 Å². The predicted octanol–water partition coefficient (Wildman–Crippen LogP) is 5.03. The van der Waals surface area contributed by atoms with Crippen molar-refractivity contribution in [2.75, 3.05) is 32.1 Å². The lowest BCUT2D eigenvalue weighted by Crippen LogP contribution is -2.26. The highest BCUT2D eigenvalue weighted by Crippen LogP contribution is 2.44. The van der Waals surface area contributed by atoms with Crippen molar-refractivity contribution in [2.24, 2.45) is 0 Å². The van der Waals surface area contributed by atoms with Crippen LogP contribution >= 0.6 is 0 Å². The van der Waals surface area contributed by atoms with Gasteiger partial charge in [0.2, 0.25) is 0 Å². The van der Waals surface area contributed by atoms with Crippen LogP contribution in [-0.2, 0) is 4.74 Å². The summed E-state index contributed by atoms with van der Waals surface area (Å²) in [5.74, 6) is 6.38. The molecule has 0 saturated heterocycles. The summed E-state index contributed by atoms with van der Waals surface area (Å²) >= 11 is 0. The van der Waals surface area contributed by atoms with E-state index in [1.807, 2.05) is 67.5 Å². The molecule has 1 aliphatic rings. The molecule has 0 aliphatic heterocycles. The molecule has 0 fully saturated rings. The van der Waals surface area contributed by atoms with Gasteiger partial charge in [-0.25, -0.2) is 4.79 Å². The Balaban J connectivity index is 1.30. The monoisotopic (exact) mass is 410 g/mol. The number of ether oxygens (including phenoxy) is 1. The van der Waals surface area contributed by atoms with Crippen LogP contribution in [0.1, 0.15) is 29.0 Å². The predicted molar refractivity (Wildman–Crippen MR) is 125 cm³/mol. The minimum absolute atomic E-state index is 0.0699. The molecule has 4 nitrogen and oxygen atoms in total. The Morgan fingerprint density at radius 3 is 2.23 bits per heavy atom. The third-order valence-electron chi connectivity index (χ3n) is 5.47. The number of benzene rings is 3. The van der Waals surface area contributed by atoms with Gasteiger partial charge in [-0.2, -0.15) is 0 Å². The summed E-state index contributed by atoms with van der Waals surface area (Å²) in [5, 5.41) is 2.80. The van der Waals surface area contributed by atoms with Crippen LogP contribution in [0.5, 0.6) is 0 Å². The molecule has 0 saturated carbocycles. The van der Waals surface area contributed by atoms with Crippen molar-refractivity contribution in [2.45, 2.75) is 12.3 Å². The van der Waals surface area contributed by atoms with Gasteiger partial charge in [0.1, 0.15) is 6.61 Å². The SMILES string of the molecule is CN(C)c1ccccc1C#CCCNC(=O)OCC1c2ccccc2-c2ccccc21. The van der Waals surface area contributed by atoms with Crippen LogP contribution in [0.15, 0.2) is 72.8 Å². The smallest absolute Gasteiger partial charge is 0.407 e. The van der Waals surface area contributed by atoms with Crippen LogP contribution in [-0.4, -0.2) is 33.3 Å². The van der Waals surface area contributed by atoms with E-state index in [-0.39, 0.29) is 5.92 Å². The number of carbonyl (C=O) groups is 1. The number of fused-ring (bicyclic) bond motifs is 3. The molecule has 0 aromatic heterocycles. The van der Waals surface area contributed by atoms with Crippen molar-refractivity contribution < 1.29 is 9.53 Å². The van der Waals surface area contributed by atoms with E-state index in [1.165, 1.54) is 22.3 Å². The molecule has 156 valence electrons. The van der Waals surface area contributed by atoms with Gasteiger partial charge in [0.15, 0.2) is 0 Å². The zero-order valence-corrected chi connectivity index (χ0v) is 17.9. The second kappa shape index (κ2) is 9.40. The van der Waals surface area contributed by atoms with Crippen LogP contribution in [0.4, 0.5) is 10.5 Å². The van der Waals surface area contributed by atoms with Gasteiger partial charge in [-0.15, -0.1) is 0 Å². The van der Waals surface area contributed by atoms with E-state index in [0.717, 1.165) is 11.3 Å². The lowest BCUT2D eigenvalue weighted by atomic mass is 9.98. The Labute approximate surface area is 183 Å². The summed E-state index contributed by atoms with van der Waals surface area (Å²) in [6, 6.07) is 24.7. The molecule has 0 atom stereocenters. The van der Waals surface area contributed by atoms with E-state index in [1.54, 1.807) is 0 Å². The van der Waals surface area contributed by atoms with Gasteiger partial charge in [-0.05, 0) is 34.4 Å². The van der Waals surface area contributed by atoms with Crippen LogP contribution in [0.25, 0.3) is 11.1 Å². The molecular weight excluding hydrogens is 384 g/mol. The number of anilines is 1. The summed E-state index contributed by atoms with van der Waals surface area (Å²) in [6.45, 7) is 0.773. The molecule has 31 heavy (non-hydrogen) atoms. The van der Waals surface area contributed by atoms with Gasteiger partial charge < -0.3 is 15.0 Å². The molecule has 4 rings (SSSR count). The second-order valence-corrected chi connectivity index (χ2v) is 7.72. The van der Waals surface area contributed by atoms with Crippen LogP contribution in [0, 0.1) is 11.8 Å². The van der Waals surface area contributed by atoms with E-state index in [0.29, 0.717) is 19.6 Å². The van der Waals surface area contributed by atoms with Crippen LogP contribution in [0.2, 0.25) is 0 Å². The Kier molecular flexibility index (Phi) is 6.24. The highest BCUT2D eigenvalue weighted by molar-refractivity contribution is 5.79. The minimum atomic E-state index is -0.405. The molecule has 4 heteroatoms. The molecule has 0 spiro atoms. The average molecular weight is 411 g/mol. The number of nitrogens with one attached hydrogen (secondary N) is 1. The molecule has 3 aromatic carbocycles. The molecule has 0 radical (unpaired) electrons. The largest absolute Gasteiger partial charge is 0.449 e. The van der Waals surface area contributed by atoms with E-state index in [9.17, 15) is 4.79 Å². The zero-order valence-electron chi connectivity index (χ0n) is 17.9. The highest BCUT2D eigenvalue weighted by atomic mass is 16.5. The van der Waals surface area contributed by atoms with Gasteiger partial charge in [-0.3, -0.25) is 0 Å². The lowest BCUT2D eigenvalue weighted by molar-refractivity contribution is 0.143. The maximum atomic E-state index is 12.2. The van der Waals surface area contributed by atoms with Crippen molar-refractivity contribution in [3.05, 3.63) is 89.5 Å². The van der Waals surface area contributed by atoms with Crippen molar-refractivity contribution in [3.63, 3.8) is 0 Å². The fraction of sp³-hybridized carbons (Fsp3) is 0.222. The summed E-state index contributed by atoms with van der Waals surface area (Å²) in [5.41, 5.74) is 6.93. The highest BCUT2D eigenvalue weighted by Gasteiger charge is 2.28. The van der Waals surface area contributed by atoms with E-state index in [4.69, 9.17) is 4.74 Å². The molecule has 1 amide bonds. The third kappa shape index (κ3) is 4.57. The van der Waals surface area contributed by atoms with Gasteiger partial charge in [-0.1, -0.05) is 72.5 Å². The van der Waals surface area contributed by atoms with E-state index >= 15 is 0 Å². The summed E-state index contributed by atoms with van der Waals surface area (Å²) in [7, 11) is 4.00. The quantitative estimate of drug-likeness (QED) is 0.474. The summed E-state index contributed by atoms with van der Waals surface area (Å²) in [6.07, 6.45) is 0.156. The molecule has 0 bridgehead atoms. The zero-order chi connectivity index (χ0) is 21.6. The lowest BCUT2D eigenvalue weighted by Gasteiger charge is -2.14. The van der Waals surface area contributed by atoms with Crippen LogP contribution in [0.3, 0.4) is 0 Å². The molecule has 3 aromatic rings. The maximum absolute atomic E-state index is 12.2. The Bertz CT molecular complexity index is 1100. The average Bonchev–Trinajstić information content (AvgIpc) is 3.11. The van der Waals surface area contributed by atoms with Gasteiger partial charge in [0.05, 0.1) is 5.69 Å². The Morgan fingerprint density at radius 1 is 0.935 bits per heavy atom. The first-order valence-corrected chi connectivity index (χ1v) is 10.5. The third-order valence-corrected chi connectivity index (χ3v) is 5.47. The van der Waals surface area contributed by atoms with E-state index in [2.05, 4.69) is 41.4 Å². The number of amides is 1. The number of nitrogens with zero attached hydrogens (tertiary/aromatic N) is 1. The number of hydrogen-bond acceptors (Lipinski definition) is 3. The number of hydrogen-bond donors (Lipinski definition) is 1. The Morgan fingerprint density at radius 2 is 1.55 bits per heavy atom. The second-order valence-electron chi connectivity index (χ2n) is 7.72. The minimum Gasteiger partial charge on any atom is -0.449 e. The number of para-hydroxylation sites is 1. The Hall–Kier alpha value is -3.71. The maximum Gasteiger partial charge on any atom is 0.407 e. The first kappa shape index (κ1) is 20.6. The number of alkyl carbamates (subject to hydrolysis) is 1. The number of carbonyl (C=O) groups excluding carboxylic acids is 1.